The number of aromatic nitrogens is 5. The van der Waals surface area contributed by atoms with Crippen LogP contribution in [0.5, 0.6) is 5.75 Å². The van der Waals surface area contributed by atoms with Crippen LogP contribution in [0.25, 0.3) is 22.4 Å². The molecule has 7 nitrogen and oxygen atoms in total. The number of imidazole rings is 1. The molecule has 31 heavy (non-hydrogen) atoms. The molecule has 0 fully saturated rings. The molecule has 6 rings (SSSR count). The maximum atomic E-state index is 6.12. The number of nitrogens with two attached hydrogens (primary N) is 1. The molecule has 3 aromatic heterocycles. The molecular weight excluding hydrogens is 388 g/mol. The Morgan fingerprint density at radius 1 is 1.06 bits per heavy atom. The van der Waals surface area contributed by atoms with Crippen LogP contribution in [0.3, 0.4) is 0 Å². The zero-order chi connectivity index (χ0) is 21.2. The highest BCUT2D eigenvalue weighted by Crippen LogP contribution is 2.47. The summed E-state index contributed by atoms with van der Waals surface area (Å²) in [5, 5.41) is 0. The van der Waals surface area contributed by atoms with Crippen LogP contribution in [-0.4, -0.2) is 31.1 Å². The molecule has 2 N–H and O–H groups in total. The standard InChI is InChI=1S/C24H24N6O/c1-23(2,25)22-26-12-15(13-27-22)17-9-10-18-21(29-17)30-20(28-18)8-5-11-24(30)14-31-19-7-4-3-6-16(19)24/h3-4,6-7,9-10,12-13H,5,8,11,14,25H2,1-2H3/t24-/m0/s1. The zero-order valence-electron chi connectivity index (χ0n) is 17.7. The molecule has 1 aromatic carbocycles. The number of hydrogen-bond acceptors (Lipinski definition) is 6. The molecule has 7 heteroatoms. The van der Waals surface area contributed by atoms with E-state index < -0.39 is 5.54 Å². The predicted octanol–water partition coefficient (Wildman–Crippen LogP) is 3.55. The smallest absolute Gasteiger partial charge is 0.161 e. The molecule has 4 aromatic rings. The normalized spacial score (nSPS) is 20.0. The third-order valence-corrected chi connectivity index (χ3v) is 6.37. The maximum absolute atomic E-state index is 6.12. The molecule has 0 saturated carbocycles. The van der Waals surface area contributed by atoms with E-state index in [1.807, 2.05) is 38.1 Å². The quantitative estimate of drug-likeness (QED) is 0.541. The average molecular weight is 412 g/mol. The molecule has 0 radical (unpaired) electrons. The molecule has 1 spiro atoms. The zero-order valence-corrected chi connectivity index (χ0v) is 17.7. The first-order chi connectivity index (χ1) is 15.0. The minimum Gasteiger partial charge on any atom is -0.490 e. The highest BCUT2D eigenvalue weighted by Gasteiger charge is 2.46. The monoisotopic (exact) mass is 412 g/mol. The molecule has 5 heterocycles. The predicted molar refractivity (Wildman–Crippen MR) is 118 cm³/mol. The van der Waals surface area contributed by atoms with Crippen molar-refractivity contribution in [3.63, 3.8) is 0 Å². The van der Waals surface area contributed by atoms with Gasteiger partial charge in [-0.15, -0.1) is 0 Å². The van der Waals surface area contributed by atoms with E-state index in [0.717, 1.165) is 53.3 Å². The second-order valence-electron chi connectivity index (χ2n) is 9.09. The van der Waals surface area contributed by atoms with Crippen LogP contribution < -0.4 is 10.5 Å². The van der Waals surface area contributed by atoms with Gasteiger partial charge in [-0.3, -0.25) is 4.57 Å². The van der Waals surface area contributed by atoms with Crippen molar-refractivity contribution in [1.29, 1.82) is 0 Å². The van der Waals surface area contributed by atoms with Crippen molar-refractivity contribution in [3.05, 3.63) is 66.0 Å². The summed E-state index contributed by atoms with van der Waals surface area (Å²) in [5.74, 6) is 2.64. The average Bonchev–Trinajstić information content (AvgIpc) is 3.33. The molecule has 1 atom stereocenters. The van der Waals surface area contributed by atoms with Crippen molar-refractivity contribution in [2.24, 2.45) is 5.73 Å². The van der Waals surface area contributed by atoms with E-state index >= 15 is 0 Å². The Kier molecular flexibility index (Phi) is 3.77. The lowest BCUT2D eigenvalue weighted by atomic mass is 9.83. The number of rotatable bonds is 2. The van der Waals surface area contributed by atoms with Crippen LogP contribution in [0.15, 0.2) is 48.8 Å². The van der Waals surface area contributed by atoms with E-state index in [2.05, 4.69) is 26.7 Å². The number of benzene rings is 1. The van der Waals surface area contributed by atoms with Crippen LogP contribution >= 0.6 is 0 Å². The lowest BCUT2D eigenvalue weighted by Crippen LogP contribution is -2.40. The van der Waals surface area contributed by atoms with Gasteiger partial charge in [0.25, 0.3) is 0 Å². The van der Waals surface area contributed by atoms with Gasteiger partial charge in [-0.2, -0.15) is 0 Å². The van der Waals surface area contributed by atoms with Gasteiger partial charge < -0.3 is 10.5 Å². The Balaban J connectivity index is 1.52. The fourth-order valence-corrected chi connectivity index (χ4v) is 4.87. The fourth-order valence-electron chi connectivity index (χ4n) is 4.87. The first-order valence-electron chi connectivity index (χ1n) is 10.7. The molecular formula is C24H24N6O. The summed E-state index contributed by atoms with van der Waals surface area (Å²) < 4.78 is 8.44. The van der Waals surface area contributed by atoms with Gasteiger partial charge in [0.15, 0.2) is 5.65 Å². The van der Waals surface area contributed by atoms with Crippen LogP contribution in [0.4, 0.5) is 0 Å². The number of nitrogens with zero attached hydrogens (tertiary/aromatic N) is 5. The largest absolute Gasteiger partial charge is 0.490 e. The van der Waals surface area contributed by atoms with Gasteiger partial charge in [-0.25, -0.2) is 19.9 Å². The lowest BCUT2D eigenvalue weighted by Gasteiger charge is -2.35. The number of pyridine rings is 1. The van der Waals surface area contributed by atoms with Crippen molar-refractivity contribution < 1.29 is 4.74 Å². The Morgan fingerprint density at radius 2 is 1.87 bits per heavy atom. The van der Waals surface area contributed by atoms with Crippen molar-refractivity contribution in [3.8, 4) is 17.0 Å². The Hall–Kier alpha value is -3.32. The highest BCUT2D eigenvalue weighted by atomic mass is 16.5. The van der Waals surface area contributed by atoms with Gasteiger partial charge in [0.1, 0.15) is 35.1 Å². The maximum Gasteiger partial charge on any atom is 0.161 e. The van der Waals surface area contributed by atoms with Crippen molar-refractivity contribution in [1.82, 2.24) is 24.5 Å². The van der Waals surface area contributed by atoms with E-state index in [1.54, 1.807) is 12.4 Å². The van der Waals surface area contributed by atoms with E-state index in [-0.39, 0.29) is 5.54 Å². The molecule has 0 bridgehead atoms. The van der Waals surface area contributed by atoms with Crippen LogP contribution in [0.2, 0.25) is 0 Å². The topological polar surface area (TPSA) is 91.7 Å². The molecule has 2 aliphatic heterocycles. The van der Waals surface area contributed by atoms with Gasteiger partial charge in [-0.05, 0) is 44.9 Å². The van der Waals surface area contributed by atoms with E-state index in [9.17, 15) is 0 Å². The van der Waals surface area contributed by atoms with E-state index in [4.69, 9.17) is 20.4 Å². The first-order valence-corrected chi connectivity index (χ1v) is 10.7. The van der Waals surface area contributed by atoms with E-state index in [0.29, 0.717) is 12.4 Å². The van der Waals surface area contributed by atoms with Crippen LogP contribution in [0.1, 0.15) is 43.9 Å². The summed E-state index contributed by atoms with van der Waals surface area (Å²) in [6.07, 6.45) is 6.62. The van der Waals surface area contributed by atoms with Crippen molar-refractivity contribution >= 4 is 11.2 Å². The second kappa shape index (κ2) is 6.34. The molecule has 0 amide bonds. The Morgan fingerprint density at radius 3 is 2.68 bits per heavy atom. The van der Waals surface area contributed by atoms with Gasteiger partial charge in [0, 0.05) is 29.9 Å². The summed E-state index contributed by atoms with van der Waals surface area (Å²) in [7, 11) is 0. The molecule has 0 aliphatic carbocycles. The minimum absolute atomic E-state index is 0.255. The van der Waals surface area contributed by atoms with Crippen LogP contribution in [0, 0.1) is 0 Å². The molecule has 0 unspecified atom stereocenters. The van der Waals surface area contributed by atoms with Crippen LogP contribution in [-0.2, 0) is 17.5 Å². The Bertz CT molecular complexity index is 1300. The van der Waals surface area contributed by atoms with Crippen molar-refractivity contribution in [2.75, 3.05) is 6.61 Å². The van der Waals surface area contributed by atoms with Gasteiger partial charge >= 0.3 is 0 Å². The summed E-state index contributed by atoms with van der Waals surface area (Å²) in [5.41, 5.74) is 9.99. The summed E-state index contributed by atoms with van der Waals surface area (Å²) >= 11 is 0. The number of ether oxygens (including phenoxy) is 1. The summed E-state index contributed by atoms with van der Waals surface area (Å²) in [6.45, 7) is 4.40. The first kappa shape index (κ1) is 18.4. The van der Waals surface area contributed by atoms with Crippen molar-refractivity contribution in [2.45, 2.75) is 44.2 Å². The summed E-state index contributed by atoms with van der Waals surface area (Å²) in [6, 6.07) is 12.4. The highest BCUT2D eigenvalue weighted by molar-refractivity contribution is 5.77. The molecule has 0 saturated heterocycles. The SMILES string of the molecule is CC(C)(N)c1ncc(-c2ccc3nc4n(c3n2)[C@@]2(CCC4)COc3ccccc32)cn1. The fraction of sp³-hybridized carbons (Fsp3) is 0.333. The van der Waals surface area contributed by atoms with Gasteiger partial charge in [0.2, 0.25) is 0 Å². The van der Waals surface area contributed by atoms with Gasteiger partial charge in [-0.1, -0.05) is 18.2 Å². The Labute approximate surface area is 180 Å². The minimum atomic E-state index is -0.581. The van der Waals surface area contributed by atoms with E-state index in [1.165, 1.54) is 5.56 Å². The number of para-hydroxylation sites is 1. The molecule has 156 valence electrons. The number of hydrogen-bond donors (Lipinski definition) is 1. The number of fused-ring (bicyclic) bond motifs is 6. The summed E-state index contributed by atoms with van der Waals surface area (Å²) in [4.78, 5) is 18.9. The second-order valence-corrected chi connectivity index (χ2v) is 9.09. The third kappa shape index (κ3) is 2.69. The number of aryl methyl sites for hydroxylation is 1. The lowest BCUT2D eigenvalue weighted by molar-refractivity contribution is 0.205. The van der Waals surface area contributed by atoms with Gasteiger partial charge in [0.05, 0.1) is 11.2 Å². The molecule has 2 aliphatic rings. The third-order valence-electron chi connectivity index (χ3n) is 6.37.